The molecule has 1 fully saturated rings. The first-order valence-corrected chi connectivity index (χ1v) is 8.44. The third kappa shape index (κ3) is 4.81. The van der Waals surface area contributed by atoms with E-state index in [1.54, 1.807) is 0 Å². The van der Waals surface area contributed by atoms with Crippen molar-refractivity contribution in [3.05, 3.63) is 35.6 Å². The van der Waals surface area contributed by atoms with Gasteiger partial charge in [0.25, 0.3) is 5.91 Å². The van der Waals surface area contributed by atoms with Crippen molar-refractivity contribution in [3.8, 4) is 0 Å². The van der Waals surface area contributed by atoms with E-state index in [4.69, 9.17) is 0 Å². The van der Waals surface area contributed by atoms with Crippen LogP contribution < -0.4 is 5.32 Å². The summed E-state index contributed by atoms with van der Waals surface area (Å²) in [6, 6.07) is 3.41. The number of benzene rings is 1. The number of esters is 1. The van der Waals surface area contributed by atoms with Crippen molar-refractivity contribution in [2.45, 2.75) is 25.9 Å². The first-order valence-electron chi connectivity index (χ1n) is 8.44. The maximum Gasteiger partial charge on any atom is 0.328 e. The zero-order valence-corrected chi connectivity index (χ0v) is 15.4. The standard InChI is InChI=1S/C18H22FN3O5/c1-11(18(26)27-3)20-16(24)15-10-21(7-8-22(15)12(2)23)17(25)13-5-4-6-14(19)9-13/h4-6,9,11,15H,7-8,10H2,1-3H3,(H,20,24)/t11-,15+/m1/s1. The predicted molar refractivity (Wildman–Crippen MR) is 93.1 cm³/mol. The van der Waals surface area contributed by atoms with Crippen molar-refractivity contribution >= 4 is 23.7 Å². The Balaban J connectivity index is 2.17. The topological polar surface area (TPSA) is 96.0 Å². The highest BCUT2D eigenvalue weighted by molar-refractivity contribution is 5.96. The smallest absolute Gasteiger partial charge is 0.328 e. The number of hydrogen-bond donors (Lipinski definition) is 1. The molecule has 1 aromatic carbocycles. The molecule has 0 radical (unpaired) electrons. The summed E-state index contributed by atoms with van der Waals surface area (Å²) in [6.07, 6.45) is 0. The van der Waals surface area contributed by atoms with E-state index in [1.165, 1.54) is 49.0 Å². The van der Waals surface area contributed by atoms with E-state index >= 15 is 0 Å². The van der Waals surface area contributed by atoms with E-state index in [0.29, 0.717) is 0 Å². The highest BCUT2D eigenvalue weighted by Crippen LogP contribution is 2.15. The number of nitrogens with zero attached hydrogens (tertiary/aromatic N) is 2. The third-order valence-corrected chi connectivity index (χ3v) is 4.36. The molecule has 0 saturated carbocycles. The van der Waals surface area contributed by atoms with E-state index in [-0.39, 0.29) is 31.1 Å². The van der Waals surface area contributed by atoms with Gasteiger partial charge in [0.05, 0.1) is 13.7 Å². The van der Waals surface area contributed by atoms with Gasteiger partial charge in [-0.1, -0.05) is 6.07 Å². The lowest BCUT2D eigenvalue weighted by Crippen LogP contribution is -2.62. The largest absolute Gasteiger partial charge is 0.467 e. The molecule has 8 nitrogen and oxygen atoms in total. The van der Waals surface area contributed by atoms with Crippen LogP contribution in [0.3, 0.4) is 0 Å². The molecule has 2 rings (SSSR count). The molecular formula is C18H22FN3O5. The summed E-state index contributed by atoms with van der Waals surface area (Å²) in [4.78, 5) is 51.3. The molecule has 1 N–H and O–H groups in total. The van der Waals surface area contributed by atoms with Crippen LogP contribution in [0.1, 0.15) is 24.2 Å². The van der Waals surface area contributed by atoms with Crippen LogP contribution in [-0.2, 0) is 19.1 Å². The summed E-state index contributed by atoms with van der Waals surface area (Å²) < 4.78 is 18.0. The molecule has 1 aliphatic rings. The van der Waals surface area contributed by atoms with Crippen molar-refractivity contribution in [3.63, 3.8) is 0 Å². The van der Waals surface area contributed by atoms with Crippen molar-refractivity contribution < 1.29 is 28.3 Å². The van der Waals surface area contributed by atoms with E-state index in [2.05, 4.69) is 10.1 Å². The van der Waals surface area contributed by atoms with Gasteiger partial charge < -0.3 is 19.9 Å². The van der Waals surface area contributed by atoms with Crippen molar-refractivity contribution in [1.29, 1.82) is 0 Å². The molecule has 0 spiro atoms. The Labute approximate surface area is 156 Å². The first kappa shape index (κ1) is 20.3. The van der Waals surface area contributed by atoms with Gasteiger partial charge in [0.15, 0.2) is 0 Å². The van der Waals surface area contributed by atoms with Gasteiger partial charge in [-0.3, -0.25) is 14.4 Å². The van der Waals surface area contributed by atoms with Gasteiger partial charge in [0.2, 0.25) is 11.8 Å². The minimum atomic E-state index is -0.958. The van der Waals surface area contributed by atoms with Crippen LogP contribution in [0.25, 0.3) is 0 Å². The van der Waals surface area contributed by atoms with Crippen LogP contribution in [0.4, 0.5) is 4.39 Å². The molecule has 0 aliphatic carbocycles. The SMILES string of the molecule is COC(=O)[C@@H](C)NC(=O)[C@@H]1CN(C(=O)c2cccc(F)c2)CCN1C(C)=O. The fourth-order valence-electron chi connectivity index (χ4n) is 2.92. The number of ether oxygens (including phenoxy) is 1. The van der Waals surface area contributed by atoms with Crippen molar-refractivity contribution in [2.24, 2.45) is 0 Å². The summed E-state index contributed by atoms with van der Waals surface area (Å²) in [7, 11) is 1.20. The van der Waals surface area contributed by atoms with Crippen molar-refractivity contribution in [2.75, 3.05) is 26.7 Å². The number of rotatable bonds is 4. The van der Waals surface area contributed by atoms with Crippen LogP contribution in [0.2, 0.25) is 0 Å². The molecule has 1 aromatic rings. The highest BCUT2D eigenvalue weighted by atomic mass is 19.1. The van der Waals surface area contributed by atoms with Crippen molar-refractivity contribution in [1.82, 2.24) is 15.1 Å². The minimum absolute atomic E-state index is 0.0609. The van der Waals surface area contributed by atoms with Gasteiger partial charge in [-0.2, -0.15) is 0 Å². The summed E-state index contributed by atoms with van der Waals surface area (Å²) in [5, 5.41) is 2.49. The number of hydrogen-bond acceptors (Lipinski definition) is 5. The molecular weight excluding hydrogens is 357 g/mol. The lowest BCUT2D eigenvalue weighted by molar-refractivity contribution is -0.147. The number of methoxy groups -OCH3 is 1. The van der Waals surface area contributed by atoms with Crippen LogP contribution in [0.5, 0.6) is 0 Å². The fourth-order valence-corrected chi connectivity index (χ4v) is 2.92. The quantitative estimate of drug-likeness (QED) is 0.753. The number of carbonyl (C=O) groups excluding carboxylic acids is 4. The van der Waals surface area contributed by atoms with Gasteiger partial charge in [-0.05, 0) is 25.1 Å². The number of carbonyl (C=O) groups is 4. The molecule has 1 heterocycles. The Bertz CT molecular complexity index is 754. The second-order valence-electron chi connectivity index (χ2n) is 6.24. The molecule has 1 saturated heterocycles. The Kier molecular flexibility index (Phi) is 6.49. The maximum absolute atomic E-state index is 13.4. The van der Waals surface area contributed by atoms with E-state index in [1.807, 2.05) is 0 Å². The van der Waals surface area contributed by atoms with Gasteiger partial charge in [0.1, 0.15) is 17.9 Å². The second-order valence-corrected chi connectivity index (χ2v) is 6.24. The monoisotopic (exact) mass is 379 g/mol. The Morgan fingerprint density at radius 3 is 2.56 bits per heavy atom. The van der Waals surface area contributed by atoms with Gasteiger partial charge >= 0.3 is 5.97 Å². The van der Waals surface area contributed by atoms with E-state index in [0.717, 1.165) is 6.07 Å². The predicted octanol–water partition coefficient (Wildman–Crippen LogP) is 0.176. The fraction of sp³-hybridized carbons (Fsp3) is 0.444. The average molecular weight is 379 g/mol. The molecule has 146 valence electrons. The third-order valence-electron chi connectivity index (χ3n) is 4.36. The molecule has 9 heteroatoms. The molecule has 1 aliphatic heterocycles. The maximum atomic E-state index is 13.4. The molecule has 27 heavy (non-hydrogen) atoms. The van der Waals surface area contributed by atoms with Gasteiger partial charge in [-0.25, -0.2) is 9.18 Å². The average Bonchev–Trinajstić information content (AvgIpc) is 2.65. The Morgan fingerprint density at radius 1 is 1.26 bits per heavy atom. The Hall–Kier alpha value is -2.97. The second kappa shape index (κ2) is 8.61. The van der Waals surface area contributed by atoms with E-state index < -0.39 is 35.7 Å². The number of nitrogens with one attached hydrogen (secondary N) is 1. The summed E-state index contributed by atoms with van der Waals surface area (Å²) in [5.74, 6) is -2.49. The number of piperazine rings is 1. The lowest BCUT2D eigenvalue weighted by Gasteiger charge is -2.40. The van der Waals surface area contributed by atoms with Gasteiger partial charge in [0, 0.05) is 25.6 Å². The normalized spacial score (nSPS) is 17.9. The van der Waals surface area contributed by atoms with Crippen LogP contribution in [-0.4, -0.2) is 72.3 Å². The zero-order chi connectivity index (χ0) is 20.1. The Morgan fingerprint density at radius 2 is 1.96 bits per heavy atom. The van der Waals surface area contributed by atoms with Crippen LogP contribution in [0, 0.1) is 5.82 Å². The van der Waals surface area contributed by atoms with Crippen LogP contribution >= 0.6 is 0 Å². The number of amides is 3. The summed E-state index contributed by atoms with van der Waals surface area (Å²) in [5.41, 5.74) is 0.161. The molecule has 2 atom stereocenters. The minimum Gasteiger partial charge on any atom is -0.467 e. The number of halogens is 1. The first-order chi connectivity index (χ1) is 12.7. The van der Waals surface area contributed by atoms with Crippen LogP contribution in [0.15, 0.2) is 24.3 Å². The molecule has 0 aromatic heterocycles. The zero-order valence-electron chi connectivity index (χ0n) is 15.4. The molecule has 3 amide bonds. The summed E-state index contributed by atoms with van der Waals surface area (Å²) in [6.45, 7) is 3.09. The summed E-state index contributed by atoms with van der Waals surface area (Å²) >= 11 is 0. The lowest BCUT2D eigenvalue weighted by atomic mass is 10.1. The van der Waals surface area contributed by atoms with E-state index in [9.17, 15) is 23.6 Å². The highest BCUT2D eigenvalue weighted by Gasteiger charge is 2.37. The molecule has 0 bridgehead atoms. The van der Waals surface area contributed by atoms with Gasteiger partial charge in [-0.15, -0.1) is 0 Å². The molecule has 0 unspecified atom stereocenters.